The van der Waals surface area contributed by atoms with Gasteiger partial charge in [-0.2, -0.15) is 9.97 Å². The van der Waals surface area contributed by atoms with E-state index < -0.39 is 16.4 Å². The van der Waals surface area contributed by atoms with Gasteiger partial charge in [0.25, 0.3) is 0 Å². The number of nitro groups is 1. The van der Waals surface area contributed by atoms with Gasteiger partial charge in [-0.05, 0) is 37.3 Å². The maximum atomic E-state index is 13.4. The molecule has 0 fully saturated rings. The van der Waals surface area contributed by atoms with E-state index in [1.54, 1.807) is 6.07 Å². The van der Waals surface area contributed by atoms with Crippen molar-refractivity contribution < 1.29 is 9.31 Å². The number of hydrogen-bond acceptors (Lipinski definition) is 7. The Balaban J connectivity index is 1.98. The maximum absolute atomic E-state index is 13.4. The van der Waals surface area contributed by atoms with Crippen LogP contribution in [0, 0.1) is 22.9 Å². The molecule has 0 radical (unpaired) electrons. The van der Waals surface area contributed by atoms with Crippen molar-refractivity contribution in [3.63, 3.8) is 0 Å². The highest BCUT2D eigenvalue weighted by Gasteiger charge is 2.23. The zero-order chi connectivity index (χ0) is 18.7. The lowest BCUT2D eigenvalue weighted by Crippen LogP contribution is -2.08. The number of benzene rings is 2. The largest absolute Gasteiger partial charge is 0.378 e. The molecule has 26 heavy (non-hydrogen) atoms. The highest BCUT2D eigenvalue weighted by molar-refractivity contribution is 5.75. The van der Waals surface area contributed by atoms with Crippen LogP contribution in [-0.4, -0.2) is 14.9 Å². The van der Waals surface area contributed by atoms with Gasteiger partial charge in [-0.25, -0.2) is 4.39 Å². The van der Waals surface area contributed by atoms with Crippen molar-refractivity contribution >= 4 is 34.6 Å². The highest BCUT2D eigenvalue weighted by Crippen LogP contribution is 2.32. The summed E-state index contributed by atoms with van der Waals surface area (Å²) in [7, 11) is 0. The molecule has 0 amide bonds. The third-order valence-electron chi connectivity index (χ3n) is 3.49. The minimum Gasteiger partial charge on any atom is -0.378 e. The molecule has 1 heterocycles. The van der Waals surface area contributed by atoms with Crippen molar-refractivity contribution in [2.24, 2.45) is 0 Å². The van der Waals surface area contributed by atoms with Crippen LogP contribution in [0.15, 0.2) is 48.5 Å². The first-order chi connectivity index (χ1) is 12.4. The standard InChI is InChI=1S/C17H15FN6O2/c1-10-5-7-12(8-6-10)21-17-22-15(19)14(24(25)26)16(23-17)20-13-4-2-3-11(18)9-13/h2-9H,1H3,(H4,19,20,21,22,23). The van der Waals surface area contributed by atoms with Crippen molar-refractivity contribution in [3.8, 4) is 0 Å². The molecule has 0 aliphatic heterocycles. The van der Waals surface area contributed by atoms with Crippen LogP contribution < -0.4 is 16.4 Å². The topological polar surface area (TPSA) is 119 Å². The molecule has 2 aromatic carbocycles. The first kappa shape index (κ1) is 17.1. The summed E-state index contributed by atoms with van der Waals surface area (Å²) in [5.74, 6) is -0.852. The maximum Gasteiger partial charge on any atom is 0.353 e. The summed E-state index contributed by atoms with van der Waals surface area (Å²) < 4.78 is 13.4. The first-order valence-corrected chi connectivity index (χ1v) is 7.60. The summed E-state index contributed by atoms with van der Waals surface area (Å²) >= 11 is 0. The molecule has 0 spiro atoms. The Hall–Kier alpha value is -3.75. The number of nitrogens with zero attached hydrogens (tertiary/aromatic N) is 3. The van der Waals surface area contributed by atoms with Gasteiger partial charge in [-0.1, -0.05) is 23.8 Å². The molecule has 8 nitrogen and oxygen atoms in total. The lowest BCUT2D eigenvalue weighted by atomic mass is 10.2. The van der Waals surface area contributed by atoms with Crippen molar-refractivity contribution in [1.29, 1.82) is 0 Å². The molecule has 0 aliphatic carbocycles. The van der Waals surface area contributed by atoms with E-state index in [0.29, 0.717) is 11.4 Å². The Kier molecular flexibility index (Phi) is 4.61. The number of nitrogens with one attached hydrogen (secondary N) is 2. The number of aromatic nitrogens is 2. The van der Waals surface area contributed by atoms with Crippen LogP contribution in [0.4, 0.5) is 39.0 Å². The van der Waals surface area contributed by atoms with Crippen molar-refractivity contribution in [1.82, 2.24) is 9.97 Å². The molecule has 3 rings (SSSR count). The number of anilines is 5. The molecule has 0 bridgehead atoms. The van der Waals surface area contributed by atoms with Gasteiger partial charge >= 0.3 is 5.69 Å². The molecule has 9 heteroatoms. The number of aryl methyl sites for hydroxylation is 1. The summed E-state index contributed by atoms with van der Waals surface area (Å²) in [5, 5.41) is 17.0. The summed E-state index contributed by atoms with van der Waals surface area (Å²) in [5.41, 5.74) is 7.33. The zero-order valence-corrected chi connectivity index (χ0v) is 13.7. The smallest absolute Gasteiger partial charge is 0.353 e. The van der Waals surface area contributed by atoms with Gasteiger partial charge in [-0.3, -0.25) is 10.1 Å². The van der Waals surface area contributed by atoms with E-state index in [4.69, 9.17) is 5.73 Å². The molecule has 1 aromatic heterocycles. The second-order valence-electron chi connectivity index (χ2n) is 5.51. The second kappa shape index (κ2) is 7.01. The lowest BCUT2D eigenvalue weighted by molar-refractivity contribution is -0.383. The molecular formula is C17H15FN6O2. The van der Waals surface area contributed by atoms with Gasteiger partial charge < -0.3 is 16.4 Å². The van der Waals surface area contributed by atoms with Crippen molar-refractivity contribution in [2.45, 2.75) is 6.92 Å². The van der Waals surface area contributed by atoms with Crippen LogP contribution in [0.25, 0.3) is 0 Å². The van der Waals surface area contributed by atoms with E-state index in [9.17, 15) is 14.5 Å². The first-order valence-electron chi connectivity index (χ1n) is 7.60. The Morgan fingerprint density at radius 2 is 1.81 bits per heavy atom. The van der Waals surface area contributed by atoms with Gasteiger partial charge in [0.2, 0.25) is 17.6 Å². The Morgan fingerprint density at radius 3 is 2.46 bits per heavy atom. The monoisotopic (exact) mass is 354 g/mol. The van der Waals surface area contributed by atoms with Gasteiger partial charge in [0.1, 0.15) is 5.82 Å². The van der Waals surface area contributed by atoms with Crippen LogP contribution in [-0.2, 0) is 0 Å². The normalized spacial score (nSPS) is 10.4. The van der Waals surface area contributed by atoms with E-state index in [2.05, 4.69) is 20.6 Å². The minimum atomic E-state index is -0.688. The van der Waals surface area contributed by atoms with Crippen LogP contribution >= 0.6 is 0 Å². The molecule has 132 valence electrons. The summed E-state index contributed by atoms with van der Waals surface area (Å²) in [4.78, 5) is 18.7. The van der Waals surface area contributed by atoms with Crippen LogP contribution in [0.5, 0.6) is 0 Å². The van der Waals surface area contributed by atoms with E-state index >= 15 is 0 Å². The Labute approximate surface area is 148 Å². The molecule has 3 aromatic rings. The molecule has 4 N–H and O–H groups in total. The summed E-state index contributed by atoms with van der Waals surface area (Å²) in [6.45, 7) is 1.95. The average molecular weight is 354 g/mol. The lowest BCUT2D eigenvalue weighted by Gasteiger charge is -2.11. The SMILES string of the molecule is Cc1ccc(Nc2nc(N)c([N+](=O)[O-])c(Nc3cccc(F)c3)n2)cc1. The molecule has 0 unspecified atom stereocenters. The van der Waals surface area contributed by atoms with Gasteiger partial charge in [0.05, 0.1) is 4.92 Å². The number of rotatable bonds is 5. The summed E-state index contributed by atoms with van der Waals surface area (Å²) in [6, 6.07) is 12.9. The zero-order valence-electron chi connectivity index (χ0n) is 13.7. The number of halogens is 1. The van der Waals surface area contributed by atoms with Crippen LogP contribution in [0.3, 0.4) is 0 Å². The van der Waals surface area contributed by atoms with Crippen LogP contribution in [0.2, 0.25) is 0 Å². The minimum absolute atomic E-state index is 0.0795. The van der Waals surface area contributed by atoms with Crippen LogP contribution in [0.1, 0.15) is 5.56 Å². The second-order valence-corrected chi connectivity index (χ2v) is 5.51. The van der Waals surface area contributed by atoms with Gasteiger partial charge in [-0.15, -0.1) is 0 Å². The predicted molar refractivity (Wildman–Crippen MR) is 97.2 cm³/mol. The molecule has 0 saturated carbocycles. The van der Waals surface area contributed by atoms with Gasteiger partial charge in [0, 0.05) is 11.4 Å². The predicted octanol–water partition coefficient (Wildman–Crippen LogP) is 3.90. The molecule has 0 atom stereocenters. The van der Waals surface area contributed by atoms with E-state index in [1.807, 2.05) is 31.2 Å². The third-order valence-corrected chi connectivity index (χ3v) is 3.49. The van der Waals surface area contributed by atoms with E-state index in [0.717, 1.165) is 5.56 Å². The molecule has 0 aliphatic rings. The molecular weight excluding hydrogens is 339 g/mol. The molecule has 0 saturated heterocycles. The fourth-order valence-corrected chi connectivity index (χ4v) is 2.26. The number of nitrogen functional groups attached to an aromatic ring is 1. The number of hydrogen-bond donors (Lipinski definition) is 3. The quantitative estimate of drug-likeness (QED) is 0.469. The van der Waals surface area contributed by atoms with Crippen molar-refractivity contribution in [3.05, 3.63) is 70.0 Å². The van der Waals surface area contributed by atoms with E-state index in [-0.39, 0.29) is 17.6 Å². The highest BCUT2D eigenvalue weighted by atomic mass is 19.1. The average Bonchev–Trinajstić information content (AvgIpc) is 2.56. The van der Waals surface area contributed by atoms with E-state index in [1.165, 1.54) is 18.2 Å². The van der Waals surface area contributed by atoms with Crippen molar-refractivity contribution in [2.75, 3.05) is 16.4 Å². The fourth-order valence-electron chi connectivity index (χ4n) is 2.26. The van der Waals surface area contributed by atoms with Gasteiger partial charge in [0.15, 0.2) is 0 Å². The summed E-state index contributed by atoms with van der Waals surface area (Å²) in [6.07, 6.45) is 0. The fraction of sp³-hybridized carbons (Fsp3) is 0.0588. The Morgan fingerprint density at radius 1 is 1.08 bits per heavy atom. The third kappa shape index (κ3) is 3.83. The number of nitrogens with two attached hydrogens (primary N) is 1. The Bertz CT molecular complexity index is 962.